The van der Waals surface area contributed by atoms with Crippen molar-refractivity contribution in [3.8, 4) is 0 Å². The Morgan fingerprint density at radius 2 is 1.94 bits per heavy atom. The number of carbonyl (C=O) groups excluding carboxylic acids is 2. The number of amides is 2. The quantitative estimate of drug-likeness (QED) is 0.785. The minimum atomic E-state index is -0.808. The molecular formula is C12H22N2O3. The second kappa shape index (κ2) is 4.64. The predicted molar refractivity (Wildman–Crippen MR) is 64.5 cm³/mol. The van der Waals surface area contributed by atoms with Gasteiger partial charge in [-0.25, -0.2) is 0 Å². The molecule has 1 fully saturated rings. The molecule has 17 heavy (non-hydrogen) atoms. The highest BCUT2D eigenvalue weighted by Crippen LogP contribution is 2.13. The zero-order chi connectivity index (χ0) is 13.3. The second-order valence-electron chi connectivity index (χ2n) is 5.86. The average Bonchev–Trinajstić information content (AvgIpc) is 2.10. The summed E-state index contributed by atoms with van der Waals surface area (Å²) in [7, 11) is 0. The Labute approximate surface area is 102 Å². The molecule has 0 aromatic rings. The van der Waals surface area contributed by atoms with Gasteiger partial charge in [0.2, 0.25) is 11.8 Å². The van der Waals surface area contributed by atoms with Crippen molar-refractivity contribution in [2.24, 2.45) is 0 Å². The number of hydrogen-bond acceptors (Lipinski definition) is 3. The van der Waals surface area contributed by atoms with Gasteiger partial charge in [-0.05, 0) is 34.6 Å². The van der Waals surface area contributed by atoms with Gasteiger partial charge in [0.15, 0.2) is 0 Å². The monoisotopic (exact) mass is 242 g/mol. The molecule has 1 aliphatic rings. The molecule has 0 radical (unpaired) electrons. The largest absolute Gasteiger partial charge is 0.374 e. The van der Waals surface area contributed by atoms with Crippen LogP contribution in [0.3, 0.4) is 0 Å². The molecule has 0 spiro atoms. The molecule has 1 aliphatic heterocycles. The van der Waals surface area contributed by atoms with Gasteiger partial charge < -0.3 is 15.0 Å². The fourth-order valence-electron chi connectivity index (χ4n) is 1.72. The lowest BCUT2D eigenvalue weighted by Gasteiger charge is -2.37. The van der Waals surface area contributed by atoms with Crippen LogP contribution in [0.1, 0.15) is 34.6 Å². The minimum Gasteiger partial charge on any atom is -0.374 e. The molecule has 0 atom stereocenters. The zero-order valence-corrected chi connectivity index (χ0v) is 11.3. The Morgan fingerprint density at radius 3 is 2.47 bits per heavy atom. The van der Waals surface area contributed by atoms with Gasteiger partial charge in [0, 0.05) is 6.54 Å². The lowest BCUT2D eigenvalue weighted by Crippen LogP contribution is -2.64. The first-order valence-electron chi connectivity index (χ1n) is 5.86. The number of rotatable bonds is 3. The first-order chi connectivity index (χ1) is 7.62. The molecule has 1 heterocycles. The van der Waals surface area contributed by atoms with Gasteiger partial charge in [-0.1, -0.05) is 0 Å². The van der Waals surface area contributed by atoms with Crippen LogP contribution in [0.15, 0.2) is 0 Å². The summed E-state index contributed by atoms with van der Waals surface area (Å²) in [6.45, 7) is 10.3. The SMILES string of the molecule is CC(C)(C)OCCN1CC(=O)NC(C)(C)C1=O. The molecule has 5 heteroatoms. The summed E-state index contributed by atoms with van der Waals surface area (Å²) in [6.07, 6.45) is 0. The van der Waals surface area contributed by atoms with Crippen molar-refractivity contribution < 1.29 is 14.3 Å². The van der Waals surface area contributed by atoms with Crippen LogP contribution in [-0.2, 0) is 14.3 Å². The van der Waals surface area contributed by atoms with Gasteiger partial charge >= 0.3 is 0 Å². The summed E-state index contributed by atoms with van der Waals surface area (Å²) in [5.74, 6) is -0.181. The Kier molecular flexibility index (Phi) is 3.81. The topological polar surface area (TPSA) is 58.6 Å². The van der Waals surface area contributed by atoms with Crippen LogP contribution in [0, 0.1) is 0 Å². The molecule has 1 rings (SSSR count). The number of nitrogens with zero attached hydrogens (tertiary/aromatic N) is 1. The maximum Gasteiger partial charge on any atom is 0.248 e. The summed E-state index contributed by atoms with van der Waals surface area (Å²) in [4.78, 5) is 25.0. The Bertz CT molecular complexity index is 318. The highest BCUT2D eigenvalue weighted by atomic mass is 16.5. The Morgan fingerprint density at radius 1 is 1.35 bits per heavy atom. The van der Waals surface area contributed by atoms with Crippen molar-refractivity contribution in [3.05, 3.63) is 0 Å². The van der Waals surface area contributed by atoms with E-state index < -0.39 is 5.54 Å². The third kappa shape index (κ3) is 4.00. The van der Waals surface area contributed by atoms with Crippen molar-refractivity contribution in [2.75, 3.05) is 19.7 Å². The first kappa shape index (κ1) is 14.0. The molecule has 0 bridgehead atoms. The molecule has 0 aliphatic carbocycles. The number of nitrogens with one attached hydrogen (secondary N) is 1. The molecule has 5 nitrogen and oxygen atoms in total. The summed E-state index contributed by atoms with van der Waals surface area (Å²) in [6, 6.07) is 0. The van der Waals surface area contributed by atoms with Gasteiger partial charge in [0.05, 0.1) is 18.8 Å². The first-order valence-corrected chi connectivity index (χ1v) is 5.86. The van der Waals surface area contributed by atoms with E-state index in [-0.39, 0.29) is 24.0 Å². The van der Waals surface area contributed by atoms with Crippen LogP contribution in [0.2, 0.25) is 0 Å². The lowest BCUT2D eigenvalue weighted by molar-refractivity contribution is -0.149. The van der Waals surface area contributed by atoms with Gasteiger partial charge in [-0.15, -0.1) is 0 Å². The summed E-state index contributed by atoms with van der Waals surface area (Å²) in [5, 5.41) is 2.67. The van der Waals surface area contributed by atoms with Gasteiger partial charge in [-0.2, -0.15) is 0 Å². The zero-order valence-electron chi connectivity index (χ0n) is 11.3. The van der Waals surface area contributed by atoms with Crippen LogP contribution in [0.5, 0.6) is 0 Å². The van der Waals surface area contributed by atoms with Crippen LogP contribution in [0.4, 0.5) is 0 Å². The molecule has 1 N–H and O–H groups in total. The highest BCUT2D eigenvalue weighted by Gasteiger charge is 2.38. The van der Waals surface area contributed by atoms with Crippen molar-refractivity contribution >= 4 is 11.8 Å². The lowest BCUT2D eigenvalue weighted by atomic mass is 10.0. The fraction of sp³-hybridized carbons (Fsp3) is 0.833. The summed E-state index contributed by atoms with van der Waals surface area (Å²) >= 11 is 0. The molecule has 0 aromatic carbocycles. The standard InChI is InChI=1S/C12H22N2O3/c1-11(2,3)17-7-6-14-8-9(15)13-12(4,5)10(14)16/h6-8H2,1-5H3,(H,13,15). The van der Waals surface area contributed by atoms with Gasteiger partial charge in [0.25, 0.3) is 0 Å². The van der Waals surface area contributed by atoms with Crippen LogP contribution in [0.25, 0.3) is 0 Å². The molecule has 98 valence electrons. The van der Waals surface area contributed by atoms with Crippen LogP contribution in [-0.4, -0.2) is 47.6 Å². The smallest absolute Gasteiger partial charge is 0.248 e. The van der Waals surface area contributed by atoms with Gasteiger partial charge in [0.1, 0.15) is 5.54 Å². The van der Waals surface area contributed by atoms with Crippen molar-refractivity contribution in [1.82, 2.24) is 10.2 Å². The average molecular weight is 242 g/mol. The Hall–Kier alpha value is -1.10. The number of ether oxygens (including phenoxy) is 1. The van der Waals surface area contributed by atoms with E-state index in [9.17, 15) is 9.59 Å². The summed E-state index contributed by atoms with van der Waals surface area (Å²) in [5.41, 5.74) is -1.03. The fourth-order valence-corrected chi connectivity index (χ4v) is 1.72. The maximum absolute atomic E-state index is 12.0. The van der Waals surface area contributed by atoms with E-state index in [0.717, 1.165) is 0 Å². The number of piperazine rings is 1. The predicted octanol–water partition coefficient (Wildman–Crippen LogP) is 0.538. The summed E-state index contributed by atoms with van der Waals surface area (Å²) < 4.78 is 5.56. The Balaban J connectivity index is 2.53. The third-order valence-corrected chi connectivity index (χ3v) is 2.50. The molecule has 0 saturated carbocycles. The molecular weight excluding hydrogens is 220 g/mol. The van der Waals surface area contributed by atoms with E-state index in [0.29, 0.717) is 13.2 Å². The van der Waals surface area contributed by atoms with Crippen molar-refractivity contribution in [2.45, 2.75) is 45.8 Å². The molecule has 0 unspecified atom stereocenters. The van der Waals surface area contributed by atoms with E-state index in [1.165, 1.54) is 0 Å². The van der Waals surface area contributed by atoms with E-state index in [1.807, 2.05) is 20.8 Å². The maximum atomic E-state index is 12.0. The molecule has 2 amide bonds. The minimum absolute atomic E-state index is 0.0605. The highest BCUT2D eigenvalue weighted by molar-refractivity contribution is 5.97. The van der Waals surface area contributed by atoms with E-state index in [2.05, 4.69) is 5.32 Å². The van der Waals surface area contributed by atoms with Crippen molar-refractivity contribution in [1.29, 1.82) is 0 Å². The number of carbonyl (C=O) groups is 2. The normalized spacial score (nSPS) is 20.4. The van der Waals surface area contributed by atoms with Crippen LogP contribution >= 0.6 is 0 Å². The van der Waals surface area contributed by atoms with Crippen molar-refractivity contribution in [3.63, 3.8) is 0 Å². The van der Waals surface area contributed by atoms with Gasteiger partial charge in [-0.3, -0.25) is 9.59 Å². The van der Waals surface area contributed by atoms with Crippen LogP contribution < -0.4 is 5.32 Å². The molecule has 0 aromatic heterocycles. The van der Waals surface area contributed by atoms with E-state index in [4.69, 9.17) is 4.74 Å². The molecule has 1 saturated heterocycles. The van der Waals surface area contributed by atoms with E-state index in [1.54, 1.807) is 18.7 Å². The second-order valence-corrected chi connectivity index (χ2v) is 5.86. The third-order valence-electron chi connectivity index (χ3n) is 2.50. The number of hydrogen-bond donors (Lipinski definition) is 1. The van der Waals surface area contributed by atoms with E-state index >= 15 is 0 Å².